The normalized spacial score (nSPS) is 18.0. The smallest absolute Gasteiger partial charge is 0.227 e. The molecule has 2 N–H and O–H groups in total. The third kappa shape index (κ3) is 4.69. The van der Waals surface area contributed by atoms with Crippen LogP contribution in [0.1, 0.15) is 6.42 Å². The molecule has 114 valence electrons. The molecule has 1 saturated heterocycles. The largest absolute Gasteiger partial charge is 0.312 e. The van der Waals surface area contributed by atoms with Gasteiger partial charge in [-0.15, -0.1) is 35.1 Å². The average molecular weight is 362 g/mol. The van der Waals surface area contributed by atoms with Crippen molar-refractivity contribution < 1.29 is 4.79 Å². The number of halogens is 1. The second kappa shape index (κ2) is 8.14. The number of amides is 1. The quantitative estimate of drug-likeness (QED) is 0.877. The van der Waals surface area contributed by atoms with Gasteiger partial charge in [-0.05, 0) is 11.4 Å². The summed E-state index contributed by atoms with van der Waals surface area (Å²) in [5.74, 6) is 2.18. The zero-order valence-corrected chi connectivity index (χ0v) is 14.5. The number of carbonyl (C=O) groups is 1. The van der Waals surface area contributed by atoms with E-state index >= 15 is 0 Å². The van der Waals surface area contributed by atoms with Crippen LogP contribution in [0.25, 0.3) is 10.6 Å². The van der Waals surface area contributed by atoms with Gasteiger partial charge in [-0.2, -0.15) is 11.8 Å². The summed E-state index contributed by atoms with van der Waals surface area (Å²) >= 11 is 5.03. The summed E-state index contributed by atoms with van der Waals surface area (Å²) in [5, 5.41) is 11.0. The Morgan fingerprint density at radius 2 is 2.38 bits per heavy atom. The van der Waals surface area contributed by atoms with Gasteiger partial charge in [0.15, 0.2) is 5.13 Å². The van der Waals surface area contributed by atoms with E-state index in [1.807, 2.05) is 34.7 Å². The molecule has 3 rings (SSSR count). The first kappa shape index (κ1) is 16.8. The van der Waals surface area contributed by atoms with Crippen molar-refractivity contribution in [2.75, 3.05) is 23.4 Å². The summed E-state index contributed by atoms with van der Waals surface area (Å²) in [5.41, 5.74) is 0.937. The number of aromatic nitrogens is 1. The lowest BCUT2D eigenvalue weighted by Gasteiger charge is -2.22. The molecule has 3 heterocycles. The molecule has 0 bridgehead atoms. The predicted molar refractivity (Wildman–Crippen MR) is 95.0 cm³/mol. The summed E-state index contributed by atoms with van der Waals surface area (Å²) in [6.45, 7) is 0.988. The zero-order chi connectivity index (χ0) is 13.8. The minimum atomic E-state index is 0. The fraction of sp³-hybridized carbons (Fsp3) is 0.385. The summed E-state index contributed by atoms with van der Waals surface area (Å²) in [4.78, 5) is 17.6. The fourth-order valence-corrected chi connectivity index (χ4v) is 4.45. The number of nitrogens with zero attached hydrogens (tertiary/aromatic N) is 1. The van der Waals surface area contributed by atoms with E-state index < -0.39 is 0 Å². The summed E-state index contributed by atoms with van der Waals surface area (Å²) in [6, 6.07) is 4.32. The van der Waals surface area contributed by atoms with Crippen molar-refractivity contribution in [3.8, 4) is 10.6 Å². The molecule has 1 amide bonds. The lowest BCUT2D eigenvalue weighted by molar-refractivity contribution is -0.116. The Morgan fingerprint density at radius 3 is 3.10 bits per heavy atom. The monoisotopic (exact) mass is 361 g/mol. The van der Waals surface area contributed by atoms with E-state index in [-0.39, 0.29) is 24.4 Å². The first-order valence-corrected chi connectivity index (χ1v) is 9.33. The van der Waals surface area contributed by atoms with Crippen molar-refractivity contribution >= 4 is 57.9 Å². The van der Waals surface area contributed by atoms with Gasteiger partial charge in [0.05, 0.1) is 10.6 Å². The maximum absolute atomic E-state index is 12.0. The van der Waals surface area contributed by atoms with E-state index in [1.54, 1.807) is 11.3 Å². The van der Waals surface area contributed by atoms with E-state index in [0.29, 0.717) is 11.6 Å². The van der Waals surface area contributed by atoms with E-state index in [1.165, 1.54) is 11.3 Å². The van der Waals surface area contributed by atoms with Crippen molar-refractivity contribution in [3.05, 3.63) is 22.9 Å². The molecule has 1 fully saturated rings. The Morgan fingerprint density at radius 1 is 1.48 bits per heavy atom. The van der Waals surface area contributed by atoms with Gasteiger partial charge in [0, 0.05) is 35.9 Å². The summed E-state index contributed by atoms with van der Waals surface area (Å²) in [7, 11) is 0. The van der Waals surface area contributed by atoms with Crippen LogP contribution >= 0.6 is 46.8 Å². The number of thioether (sulfide) groups is 1. The Labute approximate surface area is 142 Å². The van der Waals surface area contributed by atoms with E-state index in [0.717, 1.165) is 28.6 Å². The van der Waals surface area contributed by atoms with Gasteiger partial charge < -0.3 is 10.6 Å². The van der Waals surface area contributed by atoms with Crippen LogP contribution in [0.5, 0.6) is 0 Å². The maximum atomic E-state index is 12.0. The number of hydrogen-bond acceptors (Lipinski definition) is 6. The van der Waals surface area contributed by atoms with E-state index in [9.17, 15) is 4.79 Å². The fourth-order valence-electron chi connectivity index (χ4n) is 2.01. The second-order valence-corrected chi connectivity index (χ2v) is 7.45. The molecule has 0 aromatic carbocycles. The number of nitrogens with one attached hydrogen (secondary N) is 2. The van der Waals surface area contributed by atoms with Crippen LogP contribution in [0.4, 0.5) is 5.13 Å². The molecule has 1 aliphatic rings. The average Bonchev–Trinajstić information content (AvgIpc) is 3.10. The number of thiophene rings is 1. The predicted octanol–water partition coefficient (Wildman–Crippen LogP) is 3.33. The Balaban J connectivity index is 0.00000161. The molecular formula is C13H16ClN3OS3. The van der Waals surface area contributed by atoms with Crippen LogP contribution in [0.15, 0.2) is 22.9 Å². The summed E-state index contributed by atoms with van der Waals surface area (Å²) in [6.07, 6.45) is 0.515. The zero-order valence-electron chi connectivity index (χ0n) is 11.2. The minimum absolute atomic E-state index is 0. The number of thiazole rings is 1. The van der Waals surface area contributed by atoms with Crippen LogP contribution in [0.3, 0.4) is 0 Å². The molecule has 0 aliphatic carbocycles. The van der Waals surface area contributed by atoms with Gasteiger partial charge in [0.2, 0.25) is 5.91 Å². The van der Waals surface area contributed by atoms with Crippen molar-refractivity contribution in [3.63, 3.8) is 0 Å². The van der Waals surface area contributed by atoms with Crippen LogP contribution in [0, 0.1) is 0 Å². The van der Waals surface area contributed by atoms with Gasteiger partial charge in [0.25, 0.3) is 0 Å². The van der Waals surface area contributed by atoms with Crippen molar-refractivity contribution in [1.29, 1.82) is 0 Å². The van der Waals surface area contributed by atoms with E-state index in [2.05, 4.69) is 15.6 Å². The number of rotatable bonds is 4. The Kier molecular flexibility index (Phi) is 6.50. The van der Waals surface area contributed by atoms with Gasteiger partial charge in [-0.25, -0.2) is 4.98 Å². The van der Waals surface area contributed by atoms with Gasteiger partial charge in [0.1, 0.15) is 0 Å². The molecule has 1 atom stereocenters. The molecule has 21 heavy (non-hydrogen) atoms. The maximum Gasteiger partial charge on any atom is 0.227 e. The second-order valence-electron chi connectivity index (χ2n) is 4.49. The van der Waals surface area contributed by atoms with Crippen LogP contribution in [0.2, 0.25) is 0 Å². The van der Waals surface area contributed by atoms with Crippen molar-refractivity contribution in [1.82, 2.24) is 10.3 Å². The Hall–Kier alpha value is -0.600. The number of carbonyl (C=O) groups excluding carboxylic acids is 1. The Bertz CT molecular complexity index is 567. The third-order valence-electron chi connectivity index (χ3n) is 2.95. The van der Waals surface area contributed by atoms with Crippen LogP contribution < -0.4 is 10.6 Å². The first-order valence-electron chi connectivity index (χ1n) is 6.41. The van der Waals surface area contributed by atoms with Gasteiger partial charge in [-0.3, -0.25) is 4.79 Å². The molecule has 2 aromatic rings. The highest BCUT2D eigenvalue weighted by molar-refractivity contribution is 7.99. The lowest BCUT2D eigenvalue weighted by Crippen LogP contribution is -2.39. The summed E-state index contributed by atoms with van der Waals surface area (Å²) < 4.78 is 0. The third-order valence-corrected chi connectivity index (χ3v) is 5.74. The molecule has 2 aromatic heterocycles. The highest BCUT2D eigenvalue weighted by Gasteiger charge is 2.17. The minimum Gasteiger partial charge on any atom is -0.312 e. The standard InChI is InChI=1S/C13H15N3OS3.ClH/c17-12(6-9-7-18-5-3-14-9)16-13-15-10(8-20-13)11-2-1-4-19-11;/h1-2,4,8-9,14H,3,5-7H2,(H,15,16,17);1H. The van der Waals surface area contributed by atoms with Crippen LogP contribution in [-0.4, -0.2) is 35.0 Å². The van der Waals surface area contributed by atoms with Crippen LogP contribution in [-0.2, 0) is 4.79 Å². The molecule has 1 unspecified atom stereocenters. The molecule has 0 spiro atoms. The number of anilines is 1. The van der Waals surface area contributed by atoms with E-state index in [4.69, 9.17) is 0 Å². The number of hydrogen-bond donors (Lipinski definition) is 2. The molecule has 1 aliphatic heterocycles. The lowest BCUT2D eigenvalue weighted by atomic mass is 10.2. The topological polar surface area (TPSA) is 54.0 Å². The molecule has 4 nitrogen and oxygen atoms in total. The molecular weight excluding hydrogens is 346 g/mol. The van der Waals surface area contributed by atoms with Gasteiger partial charge >= 0.3 is 0 Å². The highest BCUT2D eigenvalue weighted by Crippen LogP contribution is 2.28. The molecule has 0 radical (unpaired) electrons. The first-order chi connectivity index (χ1) is 9.81. The highest BCUT2D eigenvalue weighted by atomic mass is 35.5. The van der Waals surface area contributed by atoms with Crippen molar-refractivity contribution in [2.45, 2.75) is 12.5 Å². The van der Waals surface area contributed by atoms with Crippen molar-refractivity contribution in [2.24, 2.45) is 0 Å². The molecule has 8 heteroatoms. The van der Waals surface area contributed by atoms with Gasteiger partial charge in [-0.1, -0.05) is 6.07 Å². The SMILES string of the molecule is Cl.O=C(CC1CSCCN1)Nc1nc(-c2cccs2)cs1. The molecule has 0 saturated carbocycles.